The molecule has 1 aliphatic rings. The molecule has 0 bridgehead atoms. The van der Waals surface area contributed by atoms with Crippen LogP contribution in [0, 0.1) is 5.92 Å². The molecule has 0 saturated carbocycles. The van der Waals surface area contributed by atoms with Gasteiger partial charge in [0, 0.05) is 26.1 Å². The zero-order chi connectivity index (χ0) is 13.3. The molecule has 3 N–H and O–H groups in total. The first kappa shape index (κ1) is 12.1. The molecule has 0 aromatic carbocycles. The smallest absolute Gasteiger partial charge is 0.353 e. The summed E-state index contributed by atoms with van der Waals surface area (Å²) in [6.45, 7) is 0.362. The maximum atomic E-state index is 11.8. The molecular formula is C10H12N4O4. The second-order valence-electron chi connectivity index (χ2n) is 4.14. The Kier molecular flexibility index (Phi) is 3.00. The van der Waals surface area contributed by atoms with Gasteiger partial charge in [-0.15, -0.1) is 0 Å². The van der Waals surface area contributed by atoms with Gasteiger partial charge in [0.2, 0.25) is 11.8 Å². The summed E-state index contributed by atoms with van der Waals surface area (Å²) in [5, 5.41) is 17.1. The monoisotopic (exact) mass is 252 g/mol. The van der Waals surface area contributed by atoms with Gasteiger partial charge in [0.25, 0.3) is 0 Å². The number of aromatic amines is 1. The number of carbonyl (C=O) groups is 3. The first-order chi connectivity index (χ1) is 8.47. The van der Waals surface area contributed by atoms with Crippen molar-refractivity contribution in [2.24, 2.45) is 5.92 Å². The summed E-state index contributed by atoms with van der Waals surface area (Å²) in [6, 6.07) is 1.22. The largest absolute Gasteiger partial charge is 0.477 e. The van der Waals surface area contributed by atoms with Crippen LogP contribution in [-0.2, 0) is 9.59 Å². The molecule has 96 valence electrons. The van der Waals surface area contributed by atoms with E-state index in [1.54, 1.807) is 7.05 Å². The van der Waals surface area contributed by atoms with Gasteiger partial charge >= 0.3 is 5.97 Å². The Morgan fingerprint density at radius 3 is 2.83 bits per heavy atom. The van der Waals surface area contributed by atoms with Crippen LogP contribution in [-0.4, -0.2) is 51.6 Å². The molecule has 1 fully saturated rings. The van der Waals surface area contributed by atoms with Crippen molar-refractivity contribution in [3.8, 4) is 0 Å². The number of nitrogens with one attached hydrogen (secondary N) is 2. The fourth-order valence-corrected chi connectivity index (χ4v) is 1.76. The highest BCUT2D eigenvalue weighted by Crippen LogP contribution is 2.18. The molecule has 1 saturated heterocycles. The van der Waals surface area contributed by atoms with Crippen molar-refractivity contribution in [3.05, 3.63) is 11.8 Å². The number of carbonyl (C=O) groups excluding carboxylic acids is 2. The third kappa shape index (κ3) is 2.31. The predicted octanol–water partition coefficient (Wildman–Crippen LogP) is -0.475. The minimum atomic E-state index is -1.15. The third-order valence-electron chi connectivity index (χ3n) is 2.77. The molecule has 1 aromatic rings. The molecule has 2 heterocycles. The Bertz CT molecular complexity index is 510. The number of amides is 2. The lowest BCUT2D eigenvalue weighted by molar-refractivity contribution is -0.127. The summed E-state index contributed by atoms with van der Waals surface area (Å²) in [7, 11) is 1.63. The predicted molar refractivity (Wildman–Crippen MR) is 59.9 cm³/mol. The van der Waals surface area contributed by atoms with Gasteiger partial charge in [-0.3, -0.25) is 14.7 Å². The Hall–Kier alpha value is -2.38. The standard InChI is InChI=1S/C10H12N4O4/c1-14-4-5(2-8(14)15)9(16)11-7-3-6(10(17)18)12-13-7/h3,5H,2,4H2,1H3,(H,17,18)(H2,11,12,13,16). The van der Waals surface area contributed by atoms with Crippen LogP contribution in [0.15, 0.2) is 6.07 Å². The van der Waals surface area contributed by atoms with E-state index in [9.17, 15) is 14.4 Å². The molecule has 18 heavy (non-hydrogen) atoms. The summed E-state index contributed by atoms with van der Waals surface area (Å²) in [4.78, 5) is 35.2. The van der Waals surface area contributed by atoms with Gasteiger partial charge in [-0.25, -0.2) is 4.79 Å². The molecular weight excluding hydrogens is 240 g/mol. The van der Waals surface area contributed by atoms with E-state index in [1.165, 1.54) is 11.0 Å². The number of rotatable bonds is 3. The highest BCUT2D eigenvalue weighted by molar-refractivity contribution is 5.97. The first-order valence-electron chi connectivity index (χ1n) is 5.31. The second kappa shape index (κ2) is 4.47. The number of hydrogen-bond acceptors (Lipinski definition) is 4. The lowest BCUT2D eigenvalue weighted by Crippen LogP contribution is -2.25. The average Bonchev–Trinajstić information content (AvgIpc) is 2.87. The molecule has 2 amide bonds. The van der Waals surface area contributed by atoms with Crippen molar-refractivity contribution >= 4 is 23.6 Å². The number of anilines is 1. The van der Waals surface area contributed by atoms with Crippen LogP contribution in [0.1, 0.15) is 16.9 Å². The van der Waals surface area contributed by atoms with Gasteiger partial charge in [-0.1, -0.05) is 0 Å². The van der Waals surface area contributed by atoms with E-state index in [-0.39, 0.29) is 29.7 Å². The normalized spacial score (nSPS) is 19.1. The maximum absolute atomic E-state index is 11.8. The number of aromatic carboxylic acids is 1. The zero-order valence-electron chi connectivity index (χ0n) is 9.64. The number of nitrogens with zero attached hydrogens (tertiary/aromatic N) is 2. The molecule has 8 nitrogen and oxygen atoms in total. The number of hydrogen-bond donors (Lipinski definition) is 3. The minimum Gasteiger partial charge on any atom is -0.477 e. The summed E-state index contributed by atoms with van der Waals surface area (Å²) < 4.78 is 0. The van der Waals surface area contributed by atoms with Gasteiger partial charge in [0.05, 0.1) is 5.92 Å². The van der Waals surface area contributed by atoms with Crippen LogP contribution in [0.2, 0.25) is 0 Å². The first-order valence-corrected chi connectivity index (χ1v) is 5.31. The average molecular weight is 252 g/mol. The second-order valence-corrected chi connectivity index (χ2v) is 4.14. The van der Waals surface area contributed by atoms with E-state index in [0.717, 1.165) is 0 Å². The van der Waals surface area contributed by atoms with Crippen LogP contribution >= 0.6 is 0 Å². The molecule has 1 aromatic heterocycles. The Balaban J connectivity index is 1.99. The van der Waals surface area contributed by atoms with Crippen molar-refractivity contribution in [1.29, 1.82) is 0 Å². The van der Waals surface area contributed by atoms with Crippen LogP contribution in [0.25, 0.3) is 0 Å². The maximum Gasteiger partial charge on any atom is 0.353 e. The SMILES string of the molecule is CN1CC(C(=O)Nc2cc(C(=O)O)[nH]n2)CC1=O. The Labute approximate surface area is 102 Å². The van der Waals surface area contributed by atoms with E-state index in [4.69, 9.17) is 5.11 Å². The van der Waals surface area contributed by atoms with Crippen molar-refractivity contribution in [3.63, 3.8) is 0 Å². The molecule has 0 aliphatic carbocycles. The van der Waals surface area contributed by atoms with Crippen molar-refractivity contribution in [2.45, 2.75) is 6.42 Å². The van der Waals surface area contributed by atoms with Crippen LogP contribution in [0.3, 0.4) is 0 Å². The van der Waals surface area contributed by atoms with Crippen molar-refractivity contribution in [2.75, 3.05) is 18.9 Å². The lowest BCUT2D eigenvalue weighted by Gasteiger charge is -2.09. The topological polar surface area (TPSA) is 115 Å². The molecule has 1 aliphatic heterocycles. The highest BCUT2D eigenvalue weighted by Gasteiger charge is 2.32. The van der Waals surface area contributed by atoms with E-state index in [1.807, 2.05) is 0 Å². The number of carboxylic acid groups (broad SMARTS) is 1. The van der Waals surface area contributed by atoms with Crippen molar-refractivity contribution < 1.29 is 19.5 Å². The van der Waals surface area contributed by atoms with Crippen LogP contribution in [0.4, 0.5) is 5.82 Å². The molecule has 0 radical (unpaired) electrons. The quantitative estimate of drug-likeness (QED) is 0.672. The number of aromatic nitrogens is 2. The fraction of sp³-hybridized carbons (Fsp3) is 0.400. The zero-order valence-corrected chi connectivity index (χ0v) is 9.64. The van der Waals surface area contributed by atoms with Crippen LogP contribution in [0.5, 0.6) is 0 Å². The molecule has 2 rings (SSSR count). The number of H-pyrrole nitrogens is 1. The van der Waals surface area contributed by atoms with Gasteiger partial charge in [0.1, 0.15) is 5.69 Å². The van der Waals surface area contributed by atoms with Crippen LogP contribution < -0.4 is 5.32 Å². The highest BCUT2D eigenvalue weighted by atomic mass is 16.4. The van der Waals surface area contributed by atoms with Gasteiger partial charge in [-0.05, 0) is 0 Å². The summed E-state index contributed by atoms with van der Waals surface area (Å²) in [6.07, 6.45) is 0.165. The van der Waals surface area contributed by atoms with Gasteiger partial charge in [-0.2, -0.15) is 5.10 Å². The summed E-state index contributed by atoms with van der Waals surface area (Å²) in [5.74, 6) is -1.86. The van der Waals surface area contributed by atoms with Gasteiger partial charge in [0.15, 0.2) is 5.82 Å². The third-order valence-corrected chi connectivity index (χ3v) is 2.77. The fourth-order valence-electron chi connectivity index (χ4n) is 1.76. The summed E-state index contributed by atoms with van der Waals surface area (Å²) in [5.41, 5.74) is -0.107. The van der Waals surface area contributed by atoms with E-state index >= 15 is 0 Å². The summed E-state index contributed by atoms with van der Waals surface area (Å²) >= 11 is 0. The van der Waals surface area contributed by atoms with Gasteiger partial charge < -0.3 is 15.3 Å². The number of carboxylic acids is 1. The van der Waals surface area contributed by atoms with E-state index in [0.29, 0.717) is 6.54 Å². The number of likely N-dealkylation sites (tertiary alicyclic amines) is 1. The molecule has 1 unspecified atom stereocenters. The molecule has 8 heteroatoms. The lowest BCUT2D eigenvalue weighted by atomic mass is 10.1. The minimum absolute atomic E-state index is 0.0802. The van der Waals surface area contributed by atoms with Crippen molar-refractivity contribution in [1.82, 2.24) is 15.1 Å². The Morgan fingerprint density at radius 1 is 1.61 bits per heavy atom. The Morgan fingerprint density at radius 2 is 2.33 bits per heavy atom. The van der Waals surface area contributed by atoms with E-state index < -0.39 is 11.9 Å². The molecule has 0 spiro atoms. The molecule has 1 atom stereocenters. The van der Waals surface area contributed by atoms with E-state index in [2.05, 4.69) is 15.5 Å².